The Bertz CT molecular complexity index is 1230. The Hall–Kier alpha value is -3.66. The van der Waals surface area contributed by atoms with E-state index in [4.69, 9.17) is 5.10 Å². The van der Waals surface area contributed by atoms with Crippen LogP contribution in [0.5, 0.6) is 0 Å². The number of fused-ring (bicyclic) bond motifs is 1. The fraction of sp³-hybridized carbons (Fsp3) is 0.267. The molecule has 1 aliphatic carbocycles. The zero-order valence-corrected chi connectivity index (χ0v) is 19.7. The van der Waals surface area contributed by atoms with Gasteiger partial charge >= 0.3 is 0 Å². The number of hydrogen-bond acceptors (Lipinski definition) is 2. The van der Waals surface area contributed by atoms with Gasteiger partial charge in [-0.2, -0.15) is 5.10 Å². The first-order valence-electron chi connectivity index (χ1n) is 12.2. The van der Waals surface area contributed by atoms with Crippen molar-refractivity contribution in [3.63, 3.8) is 0 Å². The summed E-state index contributed by atoms with van der Waals surface area (Å²) < 4.78 is 2.09. The molecule has 0 saturated carbocycles. The lowest BCUT2D eigenvalue weighted by atomic mass is 9.90. The lowest BCUT2D eigenvalue weighted by Gasteiger charge is -2.19. The van der Waals surface area contributed by atoms with Crippen LogP contribution >= 0.6 is 0 Å². The van der Waals surface area contributed by atoms with Crippen LogP contribution in [0.3, 0.4) is 0 Å². The highest BCUT2D eigenvalue weighted by Gasteiger charge is 2.31. The summed E-state index contributed by atoms with van der Waals surface area (Å²) in [5, 5.41) is 8.16. The molecule has 4 nitrogen and oxygen atoms in total. The maximum Gasteiger partial charge on any atom is 0.272 e. The summed E-state index contributed by atoms with van der Waals surface area (Å²) in [5.41, 5.74) is 6.47. The molecule has 34 heavy (non-hydrogen) atoms. The molecule has 4 aromatic rings. The Labute approximate surface area is 201 Å². The van der Waals surface area contributed by atoms with E-state index in [2.05, 4.69) is 64.6 Å². The van der Waals surface area contributed by atoms with Crippen molar-refractivity contribution in [2.75, 3.05) is 0 Å². The molecule has 3 aromatic carbocycles. The molecular weight excluding hydrogens is 418 g/mol. The molecule has 1 unspecified atom stereocenters. The summed E-state index contributed by atoms with van der Waals surface area (Å²) in [7, 11) is 0. The summed E-state index contributed by atoms with van der Waals surface area (Å²) in [6.45, 7) is 2.69. The molecule has 4 heteroatoms. The van der Waals surface area contributed by atoms with Crippen LogP contribution in [0, 0.1) is 0 Å². The van der Waals surface area contributed by atoms with Crippen molar-refractivity contribution >= 4 is 5.91 Å². The monoisotopic (exact) mass is 449 g/mol. The molecule has 0 bridgehead atoms. The Morgan fingerprint density at radius 3 is 2.29 bits per heavy atom. The molecule has 1 N–H and O–H groups in total. The second-order valence-electron chi connectivity index (χ2n) is 9.17. The van der Waals surface area contributed by atoms with Crippen molar-refractivity contribution in [2.45, 2.75) is 51.1 Å². The number of carbonyl (C=O) groups excluding carboxylic acids is 1. The van der Waals surface area contributed by atoms with Crippen LogP contribution in [-0.2, 0) is 13.0 Å². The van der Waals surface area contributed by atoms with Crippen LogP contribution in [0.15, 0.2) is 91.0 Å². The van der Waals surface area contributed by atoms with E-state index in [1.165, 1.54) is 16.8 Å². The number of rotatable bonds is 6. The van der Waals surface area contributed by atoms with Gasteiger partial charge in [0.05, 0.1) is 18.3 Å². The predicted molar refractivity (Wildman–Crippen MR) is 136 cm³/mol. The van der Waals surface area contributed by atoms with Gasteiger partial charge < -0.3 is 5.32 Å². The number of nitrogens with zero attached hydrogens (tertiary/aromatic N) is 2. The number of nitrogens with one attached hydrogen (secondary N) is 1. The number of aromatic nitrogens is 2. The molecule has 1 aromatic heterocycles. The van der Waals surface area contributed by atoms with Gasteiger partial charge in [-0.3, -0.25) is 9.48 Å². The largest absolute Gasteiger partial charge is 0.344 e. The molecule has 0 radical (unpaired) electrons. The Morgan fingerprint density at radius 1 is 0.941 bits per heavy atom. The zero-order valence-electron chi connectivity index (χ0n) is 19.7. The minimum absolute atomic E-state index is 0.0840. The third-order valence-corrected chi connectivity index (χ3v) is 6.83. The third-order valence-electron chi connectivity index (χ3n) is 6.83. The van der Waals surface area contributed by atoms with E-state index < -0.39 is 0 Å². The molecule has 0 saturated heterocycles. The standard InChI is InChI=1S/C30H31N3O/c1-22(24-15-7-3-8-16-24)31-30(34)28-27-20-12-11-19-26(25-17-9-4-10-18-25)29(27)33(32-28)21-23-13-5-2-6-14-23/h2-10,13-18,22,26H,11-12,19-21H2,1H3,(H,31,34)/t22-,26?/m1/s1. The topological polar surface area (TPSA) is 46.9 Å². The Balaban J connectivity index is 1.55. The zero-order chi connectivity index (χ0) is 23.3. The highest BCUT2D eigenvalue weighted by atomic mass is 16.2. The van der Waals surface area contributed by atoms with Gasteiger partial charge in [0, 0.05) is 11.5 Å². The van der Waals surface area contributed by atoms with Gasteiger partial charge in [-0.1, -0.05) is 97.4 Å². The molecule has 0 aliphatic heterocycles. The van der Waals surface area contributed by atoms with E-state index >= 15 is 0 Å². The third kappa shape index (κ3) is 4.67. The van der Waals surface area contributed by atoms with Crippen molar-refractivity contribution in [1.82, 2.24) is 15.1 Å². The van der Waals surface area contributed by atoms with Gasteiger partial charge in [0.25, 0.3) is 5.91 Å². The first kappa shape index (κ1) is 22.1. The van der Waals surface area contributed by atoms with E-state index in [1.54, 1.807) is 0 Å². The van der Waals surface area contributed by atoms with Gasteiger partial charge in [0.2, 0.25) is 0 Å². The SMILES string of the molecule is C[C@@H](NC(=O)c1nn(Cc2ccccc2)c2c1CCCCC2c1ccccc1)c1ccccc1. The molecule has 0 spiro atoms. The van der Waals surface area contributed by atoms with Crippen molar-refractivity contribution in [3.8, 4) is 0 Å². The molecule has 1 aliphatic rings. The number of carbonyl (C=O) groups is 1. The van der Waals surface area contributed by atoms with Crippen molar-refractivity contribution in [3.05, 3.63) is 125 Å². The molecule has 2 atom stereocenters. The molecule has 5 rings (SSSR count). The van der Waals surface area contributed by atoms with E-state index in [0.717, 1.165) is 36.8 Å². The molecule has 1 amide bonds. The summed E-state index contributed by atoms with van der Waals surface area (Å²) in [4.78, 5) is 13.5. The van der Waals surface area contributed by atoms with Crippen molar-refractivity contribution in [1.29, 1.82) is 0 Å². The van der Waals surface area contributed by atoms with Crippen LogP contribution in [0.2, 0.25) is 0 Å². The molecule has 172 valence electrons. The van der Waals surface area contributed by atoms with Crippen LogP contribution in [0.4, 0.5) is 0 Å². The number of hydrogen-bond donors (Lipinski definition) is 1. The minimum Gasteiger partial charge on any atom is -0.344 e. The maximum absolute atomic E-state index is 13.5. The second-order valence-corrected chi connectivity index (χ2v) is 9.17. The average Bonchev–Trinajstić information content (AvgIpc) is 3.08. The Morgan fingerprint density at radius 2 is 1.59 bits per heavy atom. The van der Waals surface area contributed by atoms with E-state index in [1.807, 2.05) is 43.3 Å². The summed E-state index contributed by atoms with van der Waals surface area (Å²) in [6, 6.07) is 31.1. The predicted octanol–water partition coefficient (Wildman–Crippen LogP) is 6.28. The van der Waals surface area contributed by atoms with Crippen LogP contribution in [0.25, 0.3) is 0 Å². The van der Waals surface area contributed by atoms with Crippen LogP contribution in [-0.4, -0.2) is 15.7 Å². The van der Waals surface area contributed by atoms with Gasteiger partial charge in [0.1, 0.15) is 0 Å². The van der Waals surface area contributed by atoms with Gasteiger partial charge in [-0.25, -0.2) is 0 Å². The van der Waals surface area contributed by atoms with Crippen molar-refractivity contribution < 1.29 is 4.79 Å². The normalized spacial score (nSPS) is 16.3. The first-order chi connectivity index (χ1) is 16.7. The smallest absolute Gasteiger partial charge is 0.272 e. The minimum atomic E-state index is -0.0897. The van der Waals surface area contributed by atoms with E-state index in [0.29, 0.717) is 12.2 Å². The fourth-order valence-electron chi connectivity index (χ4n) is 5.09. The first-order valence-corrected chi connectivity index (χ1v) is 12.2. The highest BCUT2D eigenvalue weighted by molar-refractivity contribution is 5.94. The fourth-order valence-corrected chi connectivity index (χ4v) is 5.09. The van der Waals surface area contributed by atoms with Gasteiger partial charge in [-0.15, -0.1) is 0 Å². The highest BCUT2D eigenvalue weighted by Crippen LogP contribution is 2.37. The summed E-state index contributed by atoms with van der Waals surface area (Å²) in [6.07, 6.45) is 4.16. The van der Waals surface area contributed by atoms with Crippen LogP contribution < -0.4 is 5.32 Å². The maximum atomic E-state index is 13.5. The Kier molecular flexibility index (Phi) is 6.57. The second kappa shape index (κ2) is 10.1. The molecular formula is C30H31N3O. The number of benzene rings is 3. The lowest BCUT2D eigenvalue weighted by molar-refractivity contribution is 0.0933. The molecule has 1 heterocycles. The average molecular weight is 450 g/mol. The van der Waals surface area contributed by atoms with Crippen molar-refractivity contribution in [2.24, 2.45) is 0 Å². The van der Waals surface area contributed by atoms with Gasteiger partial charge in [0.15, 0.2) is 5.69 Å². The van der Waals surface area contributed by atoms with Crippen LogP contribution in [0.1, 0.15) is 76.6 Å². The lowest BCUT2D eigenvalue weighted by Crippen LogP contribution is -2.28. The number of amides is 1. The summed E-state index contributed by atoms with van der Waals surface area (Å²) in [5.74, 6) is 0.149. The van der Waals surface area contributed by atoms with E-state index in [-0.39, 0.29) is 17.9 Å². The summed E-state index contributed by atoms with van der Waals surface area (Å²) >= 11 is 0. The molecule has 0 fully saturated rings. The van der Waals surface area contributed by atoms with E-state index in [9.17, 15) is 4.79 Å². The quantitative estimate of drug-likeness (QED) is 0.352. The van der Waals surface area contributed by atoms with Gasteiger partial charge in [-0.05, 0) is 42.9 Å².